The third kappa shape index (κ3) is 3.89. The van der Waals surface area contributed by atoms with Crippen LogP contribution >= 0.6 is 0 Å². The highest BCUT2D eigenvalue weighted by atomic mass is 16.5. The maximum atomic E-state index is 12.5. The first-order valence-corrected chi connectivity index (χ1v) is 10.4. The standard InChI is InChI=1S/C21H34N4O3/c1-7-28-20-17(10-19(27)25(24-20)11-18(26)22-12(2)3)23-16-9-14-8-15(13(16)4)21(14,5)6/h10,12-16,23H,7-9,11H2,1-6H3,(H,22,26)/t13-,14+,15?,16-/m1/s1. The highest BCUT2D eigenvalue weighted by molar-refractivity contribution is 5.75. The van der Waals surface area contributed by atoms with Crippen LogP contribution in [-0.2, 0) is 11.3 Å². The highest BCUT2D eigenvalue weighted by Gasteiger charge is 2.56. The second kappa shape index (κ2) is 7.76. The maximum absolute atomic E-state index is 12.5. The van der Waals surface area contributed by atoms with Crippen molar-refractivity contribution in [2.24, 2.45) is 23.2 Å². The van der Waals surface area contributed by atoms with Crippen LogP contribution in [0.1, 0.15) is 54.4 Å². The van der Waals surface area contributed by atoms with E-state index in [1.807, 2.05) is 20.8 Å². The van der Waals surface area contributed by atoms with Crippen LogP contribution in [0.5, 0.6) is 5.88 Å². The van der Waals surface area contributed by atoms with Crippen molar-refractivity contribution >= 4 is 11.6 Å². The van der Waals surface area contributed by atoms with Gasteiger partial charge in [-0.25, -0.2) is 4.68 Å². The number of hydrogen-bond donors (Lipinski definition) is 2. The van der Waals surface area contributed by atoms with Crippen LogP contribution in [0.3, 0.4) is 0 Å². The molecule has 1 heterocycles. The van der Waals surface area contributed by atoms with Gasteiger partial charge >= 0.3 is 0 Å². The Kier molecular flexibility index (Phi) is 5.73. The molecule has 2 N–H and O–H groups in total. The molecule has 0 aliphatic heterocycles. The van der Waals surface area contributed by atoms with Crippen molar-refractivity contribution in [2.75, 3.05) is 11.9 Å². The number of fused-ring (bicyclic) bond motifs is 2. The monoisotopic (exact) mass is 390 g/mol. The molecular weight excluding hydrogens is 356 g/mol. The summed E-state index contributed by atoms with van der Waals surface area (Å²) in [6, 6.07) is 1.83. The summed E-state index contributed by atoms with van der Waals surface area (Å²) < 4.78 is 6.85. The van der Waals surface area contributed by atoms with Crippen molar-refractivity contribution in [1.29, 1.82) is 0 Å². The molecule has 3 saturated carbocycles. The van der Waals surface area contributed by atoms with E-state index in [0.29, 0.717) is 41.5 Å². The molecule has 4 rings (SSSR count). The summed E-state index contributed by atoms with van der Waals surface area (Å²) in [6.07, 6.45) is 2.39. The number of aromatic nitrogens is 2. The Morgan fingerprint density at radius 2 is 2.11 bits per heavy atom. The third-order valence-electron chi connectivity index (χ3n) is 6.68. The molecule has 1 unspecified atom stereocenters. The van der Waals surface area contributed by atoms with Crippen LogP contribution in [-0.4, -0.2) is 34.4 Å². The Bertz CT molecular complexity index is 786. The summed E-state index contributed by atoms with van der Waals surface area (Å²) in [7, 11) is 0. The lowest BCUT2D eigenvalue weighted by Crippen LogP contribution is -2.58. The number of rotatable bonds is 7. The minimum absolute atomic E-state index is 0.0129. The smallest absolute Gasteiger partial charge is 0.269 e. The quantitative estimate of drug-likeness (QED) is 0.748. The lowest BCUT2D eigenvalue weighted by molar-refractivity contribution is -0.122. The average molecular weight is 391 g/mol. The SMILES string of the molecule is CCOc1nn(CC(=O)NC(C)C)c(=O)cc1N[C@@H]1C[C@@H]2CC([C@H]1C)C2(C)C. The minimum atomic E-state index is -0.307. The summed E-state index contributed by atoms with van der Waals surface area (Å²) in [5.41, 5.74) is 0.730. The Labute approximate surface area is 167 Å². The summed E-state index contributed by atoms with van der Waals surface area (Å²) in [5, 5.41) is 10.6. The molecule has 0 radical (unpaired) electrons. The van der Waals surface area contributed by atoms with Gasteiger partial charge < -0.3 is 15.4 Å². The van der Waals surface area contributed by atoms with Gasteiger partial charge in [0, 0.05) is 18.2 Å². The molecule has 3 aliphatic rings. The molecule has 1 aromatic heterocycles. The molecule has 3 fully saturated rings. The molecule has 1 aromatic rings. The molecular formula is C21H34N4O3. The summed E-state index contributed by atoms with van der Waals surface area (Å²) >= 11 is 0. The van der Waals surface area contributed by atoms with Gasteiger partial charge in [0.05, 0.1) is 6.61 Å². The van der Waals surface area contributed by atoms with Gasteiger partial charge in [0.2, 0.25) is 5.91 Å². The van der Waals surface area contributed by atoms with E-state index in [0.717, 1.165) is 12.3 Å². The number of ether oxygens (including phenoxy) is 1. The van der Waals surface area contributed by atoms with Gasteiger partial charge in [-0.05, 0) is 56.8 Å². The molecule has 0 aromatic carbocycles. The average Bonchev–Trinajstić information content (AvgIpc) is 2.59. The molecule has 1 amide bonds. The molecule has 0 spiro atoms. The Balaban J connectivity index is 1.79. The van der Waals surface area contributed by atoms with E-state index in [4.69, 9.17) is 4.74 Å². The molecule has 7 nitrogen and oxygen atoms in total. The van der Waals surface area contributed by atoms with Gasteiger partial charge in [-0.15, -0.1) is 5.10 Å². The second-order valence-corrected chi connectivity index (χ2v) is 9.22. The zero-order chi connectivity index (χ0) is 20.6. The van der Waals surface area contributed by atoms with Gasteiger partial charge in [-0.3, -0.25) is 9.59 Å². The molecule has 3 aliphatic carbocycles. The molecule has 2 bridgehead atoms. The first-order valence-electron chi connectivity index (χ1n) is 10.4. The lowest BCUT2D eigenvalue weighted by atomic mass is 9.45. The van der Waals surface area contributed by atoms with Gasteiger partial charge in [-0.1, -0.05) is 20.8 Å². The number of carbonyl (C=O) groups excluding carboxylic acids is 1. The number of anilines is 1. The topological polar surface area (TPSA) is 85.2 Å². The maximum Gasteiger partial charge on any atom is 0.269 e. The van der Waals surface area contributed by atoms with Gasteiger partial charge in [0.1, 0.15) is 12.2 Å². The highest BCUT2D eigenvalue weighted by Crippen LogP contribution is 2.61. The Morgan fingerprint density at radius 1 is 1.39 bits per heavy atom. The molecule has 28 heavy (non-hydrogen) atoms. The van der Waals surface area contributed by atoms with E-state index in [9.17, 15) is 9.59 Å². The van der Waals surface area contributed by atoms with E-state index in [2.05, 4.69) is 36.5 Å². The van der Waals surface area contributed by atoms with Crippen LogP contribution in [0, 0.1) is 23.2 Å². The molecule has 4 atom stereocenters. The zero-order valence-corrected chi connectivity index (χ0v) is 17.9. The van der Waals surface area contributed by atoms with Crippen LogP contribution in [0.2, 0.25) is 0 Å². The summed E-state index contributed by atoms with van der Waals surface area (Å²) in [5.74, 6) is 2.08. The number of amides is 1. The van der Waals surface area contributed by atoms with Crippen molar-refractivity contribution < 1.29 is 9.53 Å². The van der Waals surface area contributed by atoms with Crippen LogP contribution < -0.4 is 20.9 Å². The van der Waals surface area contributed by atoms with Crippen LogP contribution in [0.15, 0.2) is 10.9 Å². The largest absolute Gasteiger partial charge is 0.475 e. The van der Waals surface area contributed by atoms with E-state index in [1.54, 1.807) is 0 Å². The number of nitrogens with one attached hydrogen (secondary N) is 2. The molecule has 0 saturated heterocycles. The van der Waals surface area contributed by atoms with Crippen molar-refractivity contribution in [1.82, 2.24) is 15.1 Å². The van der Waals surface area contributed by atoms with E-state index >= 15 is 0 Å². The predicted molar refractivity (Wildman–Crippen MR) is 110 cm³/mol. The van der Waals surface area contributed by atoms with E-state index in [1.165, 1.54) is 17.2 Å². The normalized spacial score (nSPS) is 27.8. The van der Waals surface area contributed by atoms with Crippen molar-refractivity contribution in [2.45, 2.75) is 73.0 Å². The van der Waals surface area contributed by atoms with Gasteiger partial charge in [0.15, 0.2) is 0 Å². The van der Waals surface area contributed by atoms with Gasteiger partial charge in [0.25, 0.3) is 11.4 Å². The Hall–Kier alpha value is -2.05. The zero-order valence-electron chi connectivity index (χ0n) is 17.9. The number of nitrogens with zero attached hydrogens (tertiary/aromatic N) is 2. The number of hydrogen-bond acceptors (Lipinski definition) is 5. The van der Waals surface area contributed by atoms with Crippen molar-refractivity contribution in [3.05, 3.63) is 16.4 Å². The van der Waals surface area contributed by atoms with E-state index < -0.39 is 0 Å². The van der Waals surface area contributed by atoms with Gasteiger partial charge in [-0.2, -0.15) is 0 Å². The predicted octanol–water partition coefficient (Wildman–Crippen LogP) is 2.65. The minimum Gasteiger partial charge on any atom is -0.475 e. The fraction of sp³-hybridized carbons (Fsp3) is 0.762. The fourth-order valence-corrected chi connectivity index (χ4v) is 4.98. The second-order valence-electron chi connectivity index (χ2n) is 9.22. The third-order valence-corrected chi connectivity index (χ3v) is 6.68. The summed E-state index contributed by atoms with van der Waals surface area (Å²) in [6.45, 7) is 13.0. The van der Waals surface area contributed by atoms with E-state index in [-0.39, 0.29) is 24.1 Å². The summed E-state index contributed by atoms with van der Waals surface area (Å²) in [4.78, 5) is 24.6. The fourth-order valence-electron chi connectivity index (χ4n) is 4.98. The van der Waals surface area contributed by atoms with Crippen LogP contribution in [0.4, 0.5) is 5.69 Å². The van der Waals surface area contributed by atoms with Crippen LogP contribution in [0.25, 0.3) is 0 Å². The lowest BCUT2D eigenvalue weighted by Gasteiger charge is -2.62. The first kappa shape index (κ1) is 20.7. The molecule has 7 heteroatoms. The Morgan fingerprint density at radius 3 is 2.68 bits per heavy atom. The molecule has 156 valence electrons. The number of carbonyl (C=O) groups is 1. The first-order chi connectivity index (χ1) is 13.1. The van der Waals surface area contributed by atoms with Crippen molar-refractivity contribution in [3.8, 4) is 5.88 Å². The van der Waals surface area contributed by atoms with Crippen molar-refractivity contribution in [3.63, 3.8) is 0 Å².